The fourth-order valence-corrected chi connectivity index (χ4v) is 1.44. The van der Waals surface area contributed by atoms with Crippen molar-refractivity contribution in [3.8, 4) is 0 Å². The van der Waals surface area contributed by atoms with Gasteiger partial charge in [-0.05, 0) is 31.2 Å². The van der Waals surface area contributed by atoms with Gasteiger partial charge in [0.05, 0.1) is 5.56 Å². The van der Waals surface area contributed by atoms with Gasteiger partial charge in [-0.25, -0.2) is 14.8 Å². The van der Waals surface area contributed by atoms with Crippen molar-refractivity contribution < 1.29 is 9.90 Å². The molecule has 0 unspecified atom stereocenters. The second kappa shape index (κ2) is 5.01. The van der Waals surface area contributed by atoms with Crippen LogP contribution in [0.3, 0.4) is 0 Å². The number of carboxylic acid groups (broad SMARTS) is 1. The molecule has 6 heteroatoms. The molecule has 0 atom stereocenters. The fraction of sp³-hybridized carbons (Fsp3) is 0.0833. The first-order valence-electron chi connectivity index (χ1n) is 5.16. The molecule has 2 aromatic rings. The Labute approximate surface area is 108 Å². The third-order valence-corrected chi connectivity index (χ3v) is 2.68. The van der Waals surface area contributed by atoms with Gasteiger partial charge in [0.25, 0.3) is 0 Å². The van der Waals surface area contributed by atoms with E-state index in [-0.39, 0.29) is 5.56 Å². The van der Waals surface area contributed by atoms with Crippen molar-refractivity contribution in [2.45, 2.75) is 6.92 Å². The van der Waals surface area contributed by atoms with Crippen LogP contribution in [0.5, 0.6) is 0 Å². The number of rotatable bonds is 3. The van der Waals surface area contributed by atoms with Crippen molar-refractivity contribution in [3.63, 3.8) is 0 Å². The van der Waals surface area contributed by atoms with Crippen molar-refractivity contribution in [1.29, 1.82) is 0 Å². The predicted molar refractivity (Wildman–Crippen MR) is 68.5 cm³/mol. The van der Waals surface area contributed by atoms with Crippen molar-refractivity contribution >= 4 is 29.2 Å². The largest absolute Gasteiger partial charge is 0.478 e. The summed E-state index contributed by atoms with van der Waals surface area (Å²) in [6.07, 6.45) is 1.61. The van der Waals surface area contributed by atoms with Gasteiger partial charge < -0.3 is 10.4 Å². The SMILES string of the molecule is Cc1cnc(Nc2ccc(C(=O)O)cc2)nc1Cl. The van der Waals surface area contributed by atoms with E-state index >= 15 is 0 Å². The lowest BCUT2D eigenvalue weighted by atomic mass is 10.2. The highest BCUT2D eigenvalue weighted by atomic mass is 35.5. The molecule has 5 nitrogen and oxygen atoms in total. The molecule has 1 aromatic carbocycles. The maximum absolute atomic E-state index is 10.7. The minimum atomic E-state index is -0.962. The van der Waals surface area contributed by atoms with E-state index in [1.165, 1.54) is 12.1 Å². The van der Waals surface area contributed by atoms with Crippen LogP contribution in [-0.2, 0) is 0 Å². The Morgan fingerprint density at radius 2 is 2.00 bits per heavy atom. The molecule has 0 radical (unpaired) electrons. The molecule has 0 spiro atoms. The highest BCUT2D eigenvalue weighted by Gasteiger charge is 2.04. The van der Waals surface area contributed by atoms with Gasteiger partial charge in [-0.1, -0.05) is 11.6 Å². The van der Waals surface area contributed by atoms with Crippen LogP contribution in [0.1, 0.15) is 15.9 Å². The van der Waals surface area contributed by atoms with Crippen LogP contribution in [0.4, 0.5) is 11.6 Å². The molecule has 0 fully saturated rings. The molecule has 1 heterocycles. The minimum Gasteiger partial charge on any atom is -0.478 e. The lowest BCUT2D eigenvalue weighted by molar-refractivity contribution is 0.0697. The monoisotopic (exact) mass is 263 g/mol. The first-order chi connectivity index (χ1) is 8.56. The van der Waals surface area contributed by atoms with Crippen LogP contribution < -0.4 is 5.32 Å². The third-order valence-electron chi connectivity index (χ3n) is 2.30. The van der Waals surface area contributed by atoms with Crippen LogP contribution in [-0.4, -0.2) is 21.0 Å². The molecule has 0 aliphatic heterocycles. The van der Waals surface area contributed by atoms with E-state index in [0.717, 1.165) is 5.56 Å². The van der Waals surface area contributed by atoms with Gasteiger partial charge in [-0.2, -0.15) is 0 Å². The highest BCUT2D eigenvalue weighted by Crippen LogP contribution is 2.17. The molecule has 2 rings (SSSR count). The summed E-state index contributed by atoms with van der Waals surface area (Å²) in [5.41, 5.74) is 1.71. The molecule has 1 aromatic heterocycles. The van der Waals surface area contributed by atoms with Crippen LogP contribution >= 0.6 is 11.6 Å². The van der Waals surface area contributed by atoms with E-state index in [9.17, 15) is 4.79 Å². The average Bonchev–Trinajstić information content (AvgIpc) is 2.34. The molecule has 92 valence electrons. The number of aromatic nitrogens is 2. The number of halogens is 1. The maximum atomic E-state index is 10.7. The zero-order valence-electron chi connectivity index (χ0n) is 9.51. The normalized spacial score (nSPS) is 10.1. The maximum Gasteiger partial charge on any atom is 0.335 e. The van der Waals surface area contributed by atoms with E-state index in [2.05, 4.69) is 15.3 Å². The highest BCUT2D eigenvalue weighted by molar-refractivity contribution is 6.30. The average molecular weight is 264 g/mol. The Bertz CT molecular complexity index is 584. The molecular formula is C12H10ClN3O2. The number of aromatic carboxylic acids is 1. The summed E-state index contributed by atoms with van der Waals surface area (Å²) < 4.78 is 0. The zero-order valence-corrected chi connectivity index (χ0v) is 10.3. The molecule has 0 amide bonds. The van der Waals surface area contributed by atoms with Crippen LogP contribution in [0.15, 0.2) is 30.5 Å². The number of nitrogens with zero attached hydrogens (tertiary/aromatic N) is 2. The van der Waals surface area contributed by atoms with Crippen LogP contribution in [0.2, 0.25) is 5.15 Å². The Balaban J connectivity index is 2.18. The Morgan fingerprint density at radius 3 is 2.56 bits per heavy atom. The molecule has 18 heavy (non-hydrogen) atoms. The van der Waals surface area contributed by atoms with E-state index in [1.54, 1.807) is 18.3 Å². The summed E-state index contributed by atoms with van der Waals surface area (Å²) in [7, 11) is 0. The molecule has 0 aliphatic rings. The van der Waals surface area contributed by atoms with Gasteiger partial charge in [0, 0.05) is 17.4 Å². The van der Waals surface area contributed by atoms with Gasteiger partial charge in [-0.15, -0.1) is 0 Å². The minimum absolute atomic E-state index is 0.225. The number of carbonyl (C=O) groups is 1. The van der Waals surface area contributed by atoms with Gasteiger partial charge in [0.2, 0.25) is 5.95 Å². The summed E-state index contributed by atoms with van der Waals surface area (Å²) in [6, 6.07) is 6.28. The molecule has 0 bridgehead atoms. The van der Waals surface area contributed by atoms with Gasteiger partial charge in [0.15, 0.2) is 0 Å². The number of anilines is 2. The number of hydrogen-bond acceptors (Lipinski definition) is 4. The lowest BCUT2D eigenvalue weighted by Gasteiger charge is -2.05. The number of benzene rings is 1. The summed E-state index contributed by atoms with van der Waals surface area (Å²) in [4.78, 5) is 18.8. The quantitative estimate of drug-likeness (QED) is 0.833. The first kappa shape index (κ1) is 12.3. The van der Waals surface area contributed by atoms with Crippen molar-refractivity contribution in [2.75, 3.05) is 5.32 Å². The molecule has 0 saturated heterocycles. The van der Waals surface area contributed by atoms with E-state index < -0.39 is 5.97 Å². The number of aryl methyl sites for hydroxylation is 1. The van der Waals surface area contributed by atoms with Gasteiger partial charge in [-0.3, -0.25) is 0 Å². The van der Waals surface area contributed by atoms with E-state index in [1.807, 2.05) is 6.92 Å². The number of nitrogens with one attached hydrogen (secondary N) is 1. The third kappa shape index (κ3) is 2.75. The van der Waals surface area contributed by atoms with Gasteiger partial charge in [0.1, 0.15) is 5.15 Å². The van der Waals surface area contributed by atoms with Crippen LogP contribution in [0, 0.1) is 6.92 Å². The summed E-state index contributed by atoms with van der Waals surface area (Å²) in [5, 5.41) is 12.1. The smallest absolute Gasteiger partial charge is 0.335 e. The number of hydrogen-bond donors (Lipinski definition) is 2. The summed E-state index contributed by atoms with van der Waals surface area (Å²) >= 11 is 5.88. The summed E-state index contributed by atoms with van der Waals surface area (Å²) in [6.45, 7) is 1.81. The molecule has 0 saturated carbocycles. The molecule has 2 N–H and O–H groups in total. The standard InChI is InChI=1S/C12H10ClN3O2/c1-7-6-14-12(16-10(7)13)15-9-4-2-8(3-5-9)11(17)18/h2-6H,1H3,(H,17,18)(H,14,15,16). The lowest BCUT2D eigenvalue weighted by Crippen LogP contribution is -1.99. The van der Waals surface area contributed by atoms with Crippen molar-refractivity contribution in [1.82, 2.24) is 9.97 Å². The Hall–Kier alpha value is -2.14. The van der Waals surface area contributed by atoms with E-state index in [0.29, 0.717) is 16.8 Å². The summed E-state index contributed by atoms with van der Waals surface area (Å²) in [5.74, 6) is -0.593. The fourth-order valence-electron chi connectivity index (χ4n) is 1.31. The van der Waals surface area contributed by atoms with E-state index in [4.69, 9.17) is 16.7 Å². The second-order valence-corrected chi connectivity index (χ2v) is 4.03. The predicted octanol–water partition coefficient (Wildman–Crippen LogP) is 2.88. The van der Waals surface area contributed by atoms with Crippen LogP contribution in [0.25, 0.3) is 0 Å². The zero-order chi connectivity index (χ0) is 13.1. The molecular weight excluding hydrogens is 254 g/mol. The second-order valence-electron chi connectivity index (χ2n) is 3.67. The molecule has 0 aliphatic carbocycles. The number of carboxylic acids is 1. The topological polar surface area (TPSA) is 75.1 Å². The van der Waals surface area contributed by atoms with Crippen molar-refractivity contribution in [3.05, 3.63) is 46.7 Å². The Morgan fingerprint density at radius 1 is 1.33 bits per heavy atom. The Kier molecular flexibility index (Phi) is 3.43. The van der Waals surface area contributed by atoms with Gasteiger partial charge >= 0.3 is 5.97 Å². The van der Waals surface area contributed by atoms with Crippen molar-refractivity contribution in [2.24, 2.45) is 0 Å². The first-order valence-corrected chi connectivity index (χ1v) is 5.53.